The van der Waals surface area contributed by atoms with E-state index in [1.807, 2.05) is 12.1 Å². The number of aromatic amines is 1. The minimum Gasteiger partial charge on any atom is -0.397 e. The van der Waals surface area contributed by atoms with E-state index in [2.05, 4.69) is 31.2 Å². The molecule has 7 heteroatoms. The van der Waals surface area contributed by atoms with Gasteiger partial charge in [0.2, 0.25) is 0 Å². The Morgan fingerprint density at radius 1 is 1.40 bits per heavy atom. The first-order chi connectivity index (χ1) is 9.63. The molecule has 0 aliphatic heterocycles. The van der Waals surface area contributed by atoms with E-state index >= 15 is 0 Å². The van der Waals surface area contributed by atoms with Crippen LogP contribution >= 0.6 is 27.3 Å². The molecular formula is C13H11BrN4OS. The van der Waals surface area contributed by atoms with Crippen molar-refractivity contribution in [2.24, 2.45) is 0 Å². The minimum absolute atomic E-state index is 0.185. The second-order valence-electron chi connectivity index (χ2n) is 4.25. The smallest absolute Gasteiger partial charge is 0.258 e. The highest BCUT2D eigenvalue weighted by Gasteiger charge is 2.06. The molecule has 0 amide bonds. The van der Waals surface area contributed by atoms with Crippen LogP contribution in [0.3, 0.4) is 0 Å². The van der Waals surface area contributed by atoms with E-state index in [0.717, 1.165) is 9.47 Å². The van der Waals surface area contributed by atoms with Gasteiger partial charge in [0, 0.05) is 11.4 Å². The summed E-state index contributed by atoms with van der Waals surface area (Å²) in [6.07, 6.45) is 1.39. The molecule has 0 radical (unpaired) electrons. The molecular weight excluding hydrogens is 340 g/mol. The molecule has 0 saturated heterocycles. The van der Waals surface area contributed by atoms with Gasteiger partial charge in [-0.15, -0.1) is 11.3 Å². The molecule has 0 atom stereocenters. The van der Waals surface area contributed by atoms with Crippen molar-refractivity contribution in [1.29, 1.82) is 0 Å². The van der Waals surface area contributed by atoms with Gasteiger partial charge in [0.15, 0.2) is 0 Å². The highest BCUT2D eigenvalue weighted by Crippen LogP contribution is 2.26. The lowest BCUT2D eigenvalue weighted by atomic mass is 10.2. The Morgan fingerprint density at radius 2 is 2.25 bits per heavy atom. The van der Waals surface area contributed by atoms with Crippen molar-refractivity contribution in [2.75, 3.05) is 11.1 Å². The highest BCUT2D eigenvalue weighted by atomic mass is 79.9. The average molecular weight is 351 g/mol. The number of H-pyrrole nitrogens is 1. The molecule has 0 spiro atoms. The Hall–Kier alpha value is -1.86. The summed E-state index contributed by atoms with van der Waals surface area (Å²) in [4.78, 5) is 19.5. The fraction of sp³-hybridized carbons (Fsp3) is 0.0769. The summed E-state index contributed by atoms with van der Waals surface area (Å²) in [5.41, 5.74) is 7.73. The van der Waals surface area contributed by atoms with E-state index in [1.54, 1.807) is 23.5 Å². The summed E-state index contributed by atoms with van der Waals surface area (Å²) >= 11 is 5.09. The van der Waals surface area contributed by atoms with E-state index < -0.39 is 0 Å². The lowest BCUT2D eigenvalue weighted by Crippen LogP contribution is -2.08. The summed E-state index contributed by atoms with van der Waals surface area (Å²) in [6, 6.07) is 7.49. The first-order valence-corrected chi connectivity index (χ1v) is 7.49. The van der Waals surface area contributed by atoms with Crippen LogP contribution in [0.5, 0.6) is 0 Å². The Morgan fingerprint density at radius 3 is 3.00 bits per heavy atom. The van der Waals surface area contributed by atoms with Crippen LogP contribution in [0.25, 0.3) is 10.9 Å². The number of nitrogens with one attached hydrogen (secondary N) is 2. The van der Waals surface area contributed by atoms with Crippen molar-refractivity contribution in [3.63, 3.8) is 0 Å². The molecule has 5 nitrogen and oxygen atoms in total. The quantitative estimate of drug-likeness (QED) is 0.634. The molecule has 3 aromatic rings. The largest absolute Gasteiger partial charge is 0.397 e. The molecule has 2 heterocycles. The van der Waals surface area contributed by atoms with E-state index in [1.165, 1.54) is 11.2 Å². The van der Waals surface area contributed by atoms with Crippen molar-refractivity contribution in [1.82, 2.24) is 9.97 Å². The van der Waals surface area contributed by atoms with Crippen LogP contribution in [0.2, 0.25) is 0 Å². The van der Waals surface area contributed by atoms with Gasteiger partial charge in [-0.25, -0.2) is 4.98 Å². The molecule has 4 N–H and O–H groups in total. The number of nitrogens with two attached hydrogens (primary N) is 1. The number of nitrogen functional groups attached to an aromatic ring is 1. The summed E-state index contributed by atoms with van der Waals surface area (Å²) in [5, 5.41) is 3.76. The molecule has 102 valence electrons. The first-order valence-electron chi connectivity index (χ1n) is 5.88. The van der Waals surface area contributed by atoms with Gasteiger partial charge in [0.05, 0.1) is 32.4 Å². The summed E-state index contributed by atoms with van der Waals surface area (Å²) in [7, 11) is 0. The third-order valence-electron chi connectivity index (χ3n) is 2.89. The number of nitrogens with zero attached hydrogens (tertiary/aromatic N) is 1. The molecule has 0 saturated carbocycles. The minimum atomic E-state index is -0.185. The SMILES string of the molecule is Nc1cc2c(=O)[nH]cnc2cc1NCc1ccc(Br)s1. The van der Waals surface area contributed by atoms with Crippen molar-refractivity contribution in [3.8, 4) is 0 Å². The van der Waals surface area contributed by atoms with Gasteiger partial charge < -0.3 is 16.0 Å². The molecule has 20 heavy (non-hydrogen) atoms. The number of rotatable bonds is 3. The van der Waals surface area contributed by atoms with Crippen LogP contribution in [0.4, 0.5) is 11.4 Å². The molecule has 0 unspecified atom stereocenters. The predicted octanol–water partition coefficient (Wildman–Crippen LogP) is 2.94. The van der Waals surface area contributed by atoms with Crippen LogP contribution in [0.15, 0.2) is 39.2 Å². The van der Waals surface area contributed by atoms with E-state index in [9.17, 15) is 4.79 Å². The van der Waals surface area contributed by atoms with Gasteiger partial charge in [-0.05, 0) is 40.2 Å². The molecule has 2 aromatic heterocycles. The fourth-order valence-corrected chi connectivity index (χ4v) is 3.34. The lowest BCUT2D eigenvalue weighted by Gasteiger charge is -2.09. The van der Waals surface area contributed by atoms with Crippen LogP contribution in [-0.4, -0.2) is 9.97 Å². The van der Waals surface area contributed by atoms with Crippen molar-refractivity contribution in [3.05, 3.63) is 49.6 Å². The second-order valence-corrected chi connectivity index (χ2v) is 6.80. The van der Waals surface area contributed by atoms with Crippen LogP contribution in [-0.2, 0) is 6.54 Å². The predicted molar refractivity (Wildman–Crippen MR) is 86.1 cm³/mol. The van der Waals surface area contributed by atoms with Gasteiger partial charge in [-0.3, -0.25) is 4.79 Å². The number of benzene rings is 1. The zero-order chi connectivity index (χ0) is 14.1. The van der Waals surface area contributed by atoms with Gasteiger partial charge in [0.1, 0.15) is 0 Å². The van der Waals surface area contributed by atoms with E-state index in [-0.39, 0.29) is 5.56 Å². The summed E-state index contributed by atoms with van der Waals surface area (Å²) in [5.74, 6) is 0. The highest BCUT2D eigenvalue weighted by molar-refractivity contribution is 9.11. The third kappa shape index (κ3) is 2.54. The summed E-state index contributed by atoms with van der Waals surface area (Å²) < 4.78 is 1.09. The zero-order valence-electron chi connectivity index (χ0n) is 10.3. The van der Waals surface area contributed by atoms with Gasteiger partial charge in [0.25, 0.3) is 5.56 Å². The number of aromatic nitrogens is 2. The Balaban J connectivity index is 1.91. The molecule has 0 aliphatic carbocycles. The number of hydrogen-bond donors (Lipinski definition) is 3. The number of anilines is 2. The first kappa shape index (κ1) is 13.1. The van der Waals surface area contributed by atoms with Crippen LogP contribution in [0.1, 0.15) is 4.88 Å². The number of fused-ring (bicyclic) bond motifs is 1. The third-order valence-corrected chi connectivity index (χ3v) is 4.52. The normalized spacial score (nSPS) is 10.8. The maximum absolute atomic E-state index is 11.6. The number of thiophene rings is 1. The topological polar surface area (TPSA) is 83.8 Å². The van der Waals surface area contributed by atoms with Crippen molar-refractivity contribution in [2.45, 2.75) is 6.54 Å². The standard InChI is InChI=1S/C13H11BrN4OS/c14-12-2-1-7(20-12)5-16-11-4-10-8(3-9(11)15)13(19)18-6-17-10/h1-4,6,16H,5,15H2,(H,17,18,19). The Kier molecular flexibility index (Phi) is 3.45. The fourth-order valence-electron chi connectivity index (χ4n) is 1.91. The summed E-state index contributed by atoms with van der Waals surface area (Å²) in [6.45, 7) is 0.676. The number of halogens is 1. The molecule has 1 aromatic carbocycles. The van der Waals surface area contributed by atoms with Gasteiger partial charge in [-0.2, -0.15) is 0 Å². The molecule has 0 fully saturated rings. The van der Waals surface area contributed by atoms with E-state index in [4.69, 9.17) is 5.73 Å². The molecule has 3 rings (SSSR count). The van der Waals surface area contributed by atoms with Crippen LogP contribution < -0.4 is 16.6 Å². The lowest BCUT2D eigenvalue weighted by molar-refractivity contribution is 1.16. The molecule has 0 aliphatic rings. The Labute approximate surface area is 127 Å². The number of hydrogen-bond acceptors (Lipinski definition) is 5. The average Bonchev–Trinajstić information content (AvgIpc) is 2.83. The van der Waals surface area contributed by atoms with Crippen LogP contribution in [0, 0.1) is 0 Å². The zero-order valence-corrected chi connectivity index (χ0v) is 12.7. The monoisotopic (exact) mass is 350 g/mol. The maximum atomic E-state index is 11.6. The van der Waals surface area contributed by atoms with Gasteiger partial charge >= 0.3 is 0 Å². The second kappa shape index (κ2) is 5.26. The van der Waals surface area contributed by atoms with Crippen molar-refractivity contribution < 1.29 is 0 Å². The molecule has 0 bridgehead atoms. The van der Waals surface area contributed by atoms with E-state index in [0.29, 0.717) is 23.1 Å². The Bertz CT molecular complexity index is 827. The van der Waals surface area contributed by atoms with Crippen molar-refractivity contribution >= 4 is 49.5 Å². The van der Waals surface area contributed by atoms with Gasteiger partial charge in [-0.1, -0.05) is 0 Å². The maximum Gasteiger partial charge on any atom is 0.258 e.